The fourth-order valence-corrected chi connectivity index (χ4v) is 4.52. The predicted molar refractivity (Wildman–Crippen MR) is 125 cm³/mol. The van der Waals surface area contributed by atoms with Crippen molar-refractivity contribution in [3.05, 3.63) is 65.1 Å². The molecule has 2 heterocycles. The zero-order valence-corrected chi connectivity index (χ0v) is 20.1. The quantitative estimate of drug-likeness (QED) is 0.511. The Labute approximate surface area is 201 Å². The highest BCUT2D eigenvalue weighted by Crippen LogP contribution is 2.45. The summed E-state index contributed by atoms with van der Waals surface area (Å²) >= 11 is 0. The molecule has 186 valence electrons. The van der Waals surface area contributed by atoms with Crippen molar-refractivity contribution in [2.75, 3.05) is 6.54 Å². The first kappa shape index (κ1) is 24.4. The number of aryl methyl sites for hydroxylation is 1. The molecule has 0 bridgehead atoms. The number of halogens is 2. The normalized spacial score (nSPS) is 14.6. The van der Waals surface area contributed by atoms with Gasteiger partial charge in [0.25, 0.3) is 5.91 Å². The van der Waals surface area contributed by atoms with Gasteiger partial charge in [-0.05, 0) is 64.8 Å². The summed E-state index contributed by atoms with van der Waals surface area (Å²) in [6.07, 6.45) is 1.94. The minimum Gasteiger partial charge on any atom is -0.485 e. The van der Waals surface area contributed by atoms with Crippen molar-refractivity contribution in [1.29, 1.82) is 0 Å². The van der Waals surface area contributed by atoms with Gasteiger partial charge in [-0.25, -0.2) is 18.6 Å². The van der Waals surface area contributed by atoms with E-state index in [1.807, 2.05) is 20.8 Å². The first-order valence-electron chi connectivity index (χ1n) is 11.3. The van der Waals surface area contributed by atoms with Crippen LogP contribution in [0, 0.1) is 18.6 Å². The molecular weight excluding hydrogens is 458 g/mol. The number of hydrogen-bond acceptors (Lipinski definition) is 4. The fourth-order valence-electron chi connectivity index (χ4n) is 4.52. The van der Waals surface area contributed by atoms with Gasteiger partial charge in [-0.15, -0.1) is 0 Å². The topological polar surface area (TPSA) is 96.2 Å². The van der Waals surface area contributed by atoms with Gasteiger partial charge in [-0.3, -0.25) is 14.1 Å². The second-order valence-corrected chi connectivity index (χ2v) is 9.80. The van der Waals surface area contributed by atoms with Gasteiger partial charge in [0.05, 0.1) is 16.8 Å². The number of pyridine rings is 1. The maximum Gasteiger partial charge on any atom is 0.408 e. The molecule has 1 fully saturated rings. The van der Waals surface area contributed by atoms with Crippen LogP contribution < -0.4 is 10.1 Å². The van der Waals surface area contributed by atoms with Crippen LogP contribution in [0.1, 0.15) is 55.4 Å². The summed E-state index contributed by atoms with van der Waals surface area (Å²) in [7, 11) is 0. The standard InChI is InChI=1S/C25H28F2N4O4/c1-15-20(22(32)28-14-25(10-11-25)31(23(33)34)24(2,3)4)30-12-6-9-19(21(30)29-15)35-13-16-17(26)7-5-8-18(16)27/h5-9,12H,10-11,13-14H2,1-4H3,(H,28,32)(H,33,34). The second kappa shape index (κ2) is 8.83. The number of carbonyl (C=O) groups is 2. The van der Waals surface area contributed by atoms with E-state index in [1.165, 1.54) is 11.0 Å². The lowest BCUT2D eigenvalue weighted by Gasteiger charge is -2.40. The number of rotatable bonds is 7. The second-order valence-electron chi connectivity index (χ2n) is 9.80. The summed E-state index contributed by atoms with van der Waals surface area (Å²) < 4.78 is 35.2. The minimum absolute atomic E-state index is 0.171. The van der Waals surface area contributed by atoms with Crippen molar-refractivity contribution in [1.82, 2.24) is 19.6 Å². The molecule has 0 saturated heterocycles. The van der Waals surface area contributed by atoms with E-state index in [1.54, 1.807) is 29.7 Å². The monoisotopic (exact) mass is 486 g/mol. The molecule has 3 aromatic rings. The molecule has 2 aromatic heterocycles. The van der Waals surface area contributed by atoms with Crippen LogP contribution in [0.25, 0.3) is 5.65 Å². The van der Waals surface area contributed by atoms with Crippen molar-refractivity contribution >= 4 is 17.6 Å². The zero-order chi connectivity index (χ0) is 25.5. The molecule has 8 nitrogen and oxygen atoms in total. The van der Waals surface area contributed by atoms with Crippen molar-refractivity contribution < 1.29 is 28.2 Å². The Morgan fingerprint density at radius 3 is 2.43 bits per heavy atom. The van der Waals surface area contributed by atoms with E-state index in [0.717, 1.165) is 12.1 Å². The lowest BCUT2D eigenvalue weighted by molar-refractivity contribution is 0.0579. The van der Waals surface area contributed by atoms with Gasteiger partial charge in [0.2, 0.25) is 0 Å². The van der Waals surface area contributed by atoms with Crippen LogP contribution in [-0.4, -0.2) is 49.0 Å². The zero-order valence-electron chi connectivity index (χ0n) is 20.1. The molecule has 0 aliphatic heterocycles. The first-order valence-corrected chi connectivity index (χ1v) is 11.3. The SMILES string of the molecule is Cc1nc2c(OCc3c(F)cccc3F)cccn2c1C(=O)NCC1(N(C(=O)O)C(C)(C)C)CC1. The van der Waals surface area contributed by atoms with Crippen LogP contribution in [0.4, 0.5) is 13.6 Å². The Balaban J connectivity index is 1.55. The molecule has 35 heavy (non-hydrogen) atoms. The van der Waals surface area contributed by atoms with Gasteiger partial charge in [0, 0.05) is 18.3 Å². The molecular formula is C25H28F2N4O4. The van der Waals surface area contributed by atoms with E-state index < -0.39 is 34.7 Å². The Bertz CT molecular complexity index is 1270. The van der Waals surface area contributed by atoms with Gasteiger partial charge in [0.1, 0.15) is 23.9 Å². The van der Waals surface area contributed by atoms with E-state index in [9.17, 15) is 23.5 Å². The molecule has 4 rings (SSSR count). The van der Waals surface area contributed by atoms with Crippen LogP contribution in [0.5, 0.6) is 5.75 Å². The highest BCUT2D eigenvalue weighted by molar-refractivity contribution is 5.95. The Morgan fingerprint density at radius 1 is 1.20 bits per heavy atom. The molecule has 1 aromatic carbocycles. The molecule has 2 amide bonds. The molecule has 0 spiro atoms. The molecule has 0 radical (unpaired) electrons. The molecule has 1 saturated carbocycles. The minimum atomic E-state index is -1.02. The molecule has 0 atom stereocenters. The third-order valence-corrected chi connectivity index (χ3v) is 6.18. The highest BCUT2D eigenvalue weighted by atomic mass is 19.1. The van der Waals surface area contributed by atoms with Crippen LogP contribution in [0.15, 0.2) is 36.5 Å². The molecule has 0 unspecified atom stereocenters. The van der Waals surface area contributed by atoms with E-state index in [2.05, 4.69) is 10.3 Å². The summed E-state index contributed by atoms with van der Waals surface area (Å²) in [6.45, 7) is 6.98. The predicted octanol–water partition coefficient (Wildman–Crippen LogP) is 4.54. The van der Waals surface area contributed by atoms with Gasteiger partial charge in [-0.2, -0.15) is 0 Å². The summed E-state index contributed by atoms with van der Waals surface area (Å²) in [4.78, 5) is 30.9. The number of imidazole rings is 1. The third-order valence-electron chi connectivity index (χ3n) is 6.18. The number of carboxylic acid groups (broad SMARTS) is 1. The Kier molecular flexibility index (Phi) is 6.16. The van der Waals surface area contributed by atoms with Crippen molar-refractivity contribution in [3.8, 4) is 5.75 Å². The number of nitrogens with zero attached hydrogens (tertiary/aromatic N) is 3. The number of hydrogen-bond donors (Lipinski definition) is 2. The Hall–Kier alpha value is -3.69. The summed E-state index contributed by atoms with van der Waals surface area (Å²) in [5.41, 5.74) is -0.424. The van der Waals surface area contributed by atoms with Gasteiger partial charge >= 0.3 is 6.09 Å². The molecule has 1 aliphatic rings. The average molecular weight is 487 g/mol. The van der Waals surface area contributed by atoms with Crippen molar-refractivity contribution in [3.63, 3.8) is 0 Å². The number of amides is 2. The number of benzene rings is 1. The van der Waals surface area contributed by atoms with Crippen LogP contribution in [0.3, 0.4) is 0 Å². The summed E-state index contributed by atoms with van der Waals surface area (Å²) in [5.74, 6) is -1.56. The van der Waals surface area contributed by atoms with Gasteiger partial charge < -0.3 is 15.2 Å². The van der Waals surface area contributed by atoms with E-state index in [-0.39, 0.29) is 30.2 Å². The maximum absolute atomic E-state index is 14.0. The van der Waals surface area contributed by atoms with E-state index >= 15 is 0 Å². The van der Waals surface area contributed by atoms with Gasteiger partial charge in [-0.1, -0.05) is 6.07 Å². The molecule has 1 aliphatic carbocycles. The van der Waals surface area contributed by atoms with Crippen LogP contribution >= 0.6 is 0 Å². The average Bonchev–Trinajstić information content (AvgIpc) is 3.43. The fraction of sp³-hybridized carbons (Fsp3) is 0.400. The molecule has 2 N–H and O–H groups in total. The van der Waals surface area contributed by atoms with E-state index in [4.69, 9.17) is 4.74 Å². The van der Waals surface area contributed by atoms with Crippen LogP contribution in [-0.2, 0) is 6.61 Å². The number of aromatic nitrogens is 2. The largest absolute Gasteiger partial charge is 0.485 e. The highest BCUT2D eigenvalue weighted by Gasteiger charge is 2.54. The number of ether oxygens (including phenoxy) is 1. The van der Waals surface area contributed by atoms with Gasteiger partial charge in [0.15, 0.2) is 11.4 Å². The lowest BCUT2D eigenvalue weighted by Crippen LogP contribution is -2.56. The third kappa shape index (κ3) is 4.65. The van der Waals surface area contributed by atoms with Crippen molar-refractivity contribution in [2.24, 2.45) is 0 Å². The number of nitrogens with one attached hydrogen (secondary N) is 1. The van der Waals surface area contributed by atoms with Crippen LogP contribution in [0.2, 0.25) is 0 Å². The number of fused-ring (bicyclic) bond motifs is 1. The van der Waals surface area contributed by atoms with Crippen molar-refractivity contribution in [2.45, 2.75) is 58.2 Å². The Morgan fingerprint density at radius 2 is 1.86 bits per heavy atom. The maximum atomic E-state index is 14.0. The lowest BCUT2D eigenvalue weighted by atomic mass is 10.0. The first-order chi connectivity index (χ1) is 16.4. The molecule has 10 heteroatoms. The number of carbonyl (C=O) groups excluding carboxylic acids is 1. The van der Waals surface area contributed by atoms with E-state index in [0.29, 0.717) is 24.2 Å². The summed E-state index contributed by atoms with van der Waals surface area (Å²) in [5, 5.41) is 12.6. The smallest absolute Gasteiger partial charge is 0.408 e. The summed E-state index contributed by atoms with van der Waals surface area (Å²) in [6, 6.07) is 6.84.